The maximum Gasteiger partial charge on any atom is 0.327 e. The maximum absolute atomic E-state index is 12.5. The van der Waals surface area contributed by atoms with Crippen LogP contribution >= 0.6 is 23.4 Å². The van der Waals surface area contributed by atoms with E-state index in [2.05, 4.69) is 27.4 Å². The minimum Gasteiger partial charge on any atom is -0.291 e. The van der Waals surface area contributed by atoms with Crippen LogP contribution in [0.25, 0.3) is 0 Å². The molecule has 7 heteroatoms. The van der Waals surface area contributed by atoms with Crippen molar-refractivity contribution in [1.29, 1.82) is 0 Å². The van der Waals surface area contributed by atoms with Crippen molar-refractivity contribution in [2.24, 2.45) is 0 Å². The van der Waals surface area contributed by atoms with Gasteiger partial charge in [0.1, 0.15) is 5.82 Å². The Morgan fingerprint density at radius 3 is 2.63 bits per heavy atom. The van der Waals surface area contributed by atoms with Crippen molar-refractivity contribution in [3.63, 3.8) is 0 Å². The van der Waals surface area contributed by atoms with Crippen LogP contribution in [-0.2, 0) is 12.3 Å². The SMILES string of the molecule is C.O=C1Nc2nc(SCc3ccccc3)ncc2CN1c1ccccc1Cl. The fraction of sp³-hybridized carbons (Fsp3) is 0.150. The molecule has 0 radical (unpaired) electrons. The van der Waals surface area contributed by atoms with Gasteiger partial charge in [-0.3, -0.25) is 10.2 Å². The zero-order valence-corrected chi connectivity index (χ0v) is 15.3. The molecule has 0 spiro atoms. The first-order valence-corrected chi connectivity index (χ1v) is 9.43. The molecular weight excluding hydrogens is 380 g/mol. The molecule has 0 unspecified atom stereocenters. The number of benzene rings is 2. The van der Waals surface area contributed by atoms with Gasteiger partial charge in [0.25, 0.3) is 0 Å². The number of urea groups is 1. The molecule has 1 aliphatic rings. The molecule has 0 fully saturated rings. The molecule has 0 atom stereocenters. The topological polar surface area (TPSA) is 58.1 Å². The van der Waals surface area contributed by atoms with Crippen LogP contribution in [0.1, 0.15) is 18.6 Å². The monoisotopic (exact) mass is 398 g/mol. The van der Waals surface area contributed by atoms with Crippen molar-refractivity contribution >= 4 is 40.9 Å². The minimum atomic E-state index is -0.247. The van der Waals surface area contributed by atoms with E-state index in [0.717, 1.165) is 11.3 Å². The van der Waals surface area contributed by atoms with E-state index in [1.165, 1.54) is 17.3 Å². The third-order valence-corrected chi connectivity index (χ3v) is 5.25. The second kappa shape index (κ2) is 8.41. The van der Waals surface area contributed by atoms with Gasteiger partial charge in [0.15, 0.2) is 5.16 Å². The summed E-state index contributed by atoms with van der Waals surface area (Å²) in [5, 5.41) is 4.01. The largest absolute Gasteiger partial charge is 0.327 e. The Labute approximate surface area is 167 Å². The number of amides is 2. The van der Waals surface area contributed by atoms with Gasteiger partial charge in [-0.25, -0.2) is 14.8 Å². The molecule has 2 amide bonds. The molecule has 138 valence electrons. The minimum absolute atomic E-state index is 0. The normalized spacial score (nSPS) is 12.8. The highest BCUT2D eigenvalue weighted by Gasteiger charge is 2.26. The van der Waals surface area contributed by atoms with Gasteiger partial charge in [-0.05, 0) is 17.7 Å². The first-order valence-electron chi connectivity index (χ1n) is 8.06. The van der Waals surface area contributed by atoms with E-state index in [9.17, 15) is 4.79 Å². The number of halogens is 1. The van der Waals surface area contributed by atoms with E-state index in [1.807, 2.05) is 36.4 Å². The highest BCUT2D eigenvalue weighted by Crippen LogP contribution is 2.32. The Hall–Kier alpha value is -2.57. The molecule has 1 N–H and O–H groups in total. The lowest BCUT2D eigenvalue weighted by molar-refractivity contribution is 0.256. The lowest BCUT2D eigenvalue weighted by Crippen LogP contribution is -2.39. The van der Waals surface area contributed by atoms with E-state index in [-0.39, 0.29) is 13.5 Å². The van der Waals surface area contributed by atoms with Crippen LogP contribution in [0.2, 0.25) is 5.02 Å². The first kappa shape index (κ1) is 19.2. The molecule has 2 heterocycles. The standard InChI is InChI=1S/C19H15ClN4OS.CH4/c20-15-8-4-5-9-16(15)24-11-14-10-21-18(22-17(14)23-19(24)25)26-12-13-6-2-1-3-7-13;/h1-10H,11-12H2,(H,21,22,23,25);1H4. The summed E-state index contributed by atoms with van der Waals surface area (Å²) in [5.41, 5.74) is 2.72. The van der Waals surface area contributed by atoms with Crippen molar-refractivity contribution in [3.05, 3.63) is 76.9 Å². The summed E-state index contributed by atoms with van der Waals surface area (Å²) >= 11 is 7.76. The van der Waals surface area contributed by atoms with Crippen LogP contribution in [0.4, 0.5) is 16.3 Å². The summed E-state index contributed by atoms with van der Waals surface area (Å²) < 4.78 is 0. The molecule has 27 heavy (non-hydrogen) atoms. The van der Waals surface area contributed by atoms with Crippen LogP contribution in [0.5, 0.6) is 0 Å². The molecule has 4 rings (SSSR count). The number of carbonyl (C=O) groups excluding carboxylic acids is 1. The van der Waals surface area contributed by atoms with E-state index in [0.29, 0.717) is 28.2 Å². The van der Waals surface area contributed by atoms with Crippen LogP contribution in [0.15, 0.2) is 66.0 Å². The Morgan fingerprint density at radius 2 is 1.85 bits per heavy atom. The van der Waals surface area contributed by atoms with Crippen molar-refractivity contribution in [3.8, 4) is 0 Å². The van der Waals surface area contributed by atoms with E-state index < -0.39 is 0 Å². The second-order valence-corrected chi connectivity index (χ2v) is 7.12. The number of nitrogens with zero attached hydrogens (tertiary/aromatic N) is 3. The number of fused-ring (bicyclic) bond motifs is 1. The Balaban J connectivity index is 0.00000210. The van der Waals surface area contributed by atoms with Gasteiger partial charge in [-0.2, -0.15) is 0 Å². The fourth-order valence-corrected chi connectivity index (χ4v) is 3.69. The van der Waals surface area contributed by atoms with Crippen LogP contribution in [-0.4, -0.2) is 16.0 Å². The predicted molar refractivity (Wildman–Crippen MR) is 111 cm³/mol. The van der Waals surface area contributed by atoms with Crippen molar-refractivity contribution in [2.75, 3.05) is 10.2 Å². The molecule has 1 aliphatic heterocycles. The van der Waals surface area contributed by atoms with Gasteiger partial charge in [-0.15, -0.1) is 0 Å². The average molecular weight is 399 g/mol. The van der Waals surface area contributed by atoms with Gasteiger partial charge in [0, 0.05) is 17.5 Å². The van der Waals surface area contributed by atoms with Gasteiger partial charge in [-0.1, -0.05) is 73.3 Å². The number of carbonyl (C=O) groups is 1. The number of anilines is 2. The van der Waals surface area contributed by atoms with Gasteiger partial charge < -0.3 is 0 Å². The van der Waals surface area contributed by atoms with Gasteiger partial charge in [0.05, 0.1) is 17.3 Å². The highest BCUT2D eigenvalue weighted by atomic mass is 35.5. The number of aromatic nitrogens is 2. The molecule has 5 nitrogen and oxygen atoms in total. The average Bonchev–Trinajstić information content (AvgIpc) is 2.67. The Bertz CT molecular complexity index is 952. The number of para-hydroxylation sites is 1. The molecule has 1 aromatic heterocycles. The lowest BCUT2D eigenvalue weighted by Gasteiger charge is -2.29. The zero-order valence-electron chi connectivity index (χ0n) is 13.7. The Morgan fingerprint density at radius 1 is 1.11 bits per heavy atom. The zero-order chi connectivity index (χ0) is 17.9. The first-order chi connectivity index (χ1) is 12.7. The number of rotatable bonds is 4. The third kappa shape index (κ3) is 4.23. The molecule has 2 aromatic carbocycles. The second-order valence-electron chi connectivity index (χ2n) is 5.77. The van der Waals surface area contributed by atoms with Crippen molar-refractivity contribution in [1.82, 2.24) is 9.97 Å². The summed E-state index contributed by atoms with van der Waals surface area (Å²) in [5.74, 6) is 1.34. The summed E-state index contributed by atoms with van der Waals surface area (Å²) in [4.78, 5) is 23.0. The van der Waals surface area contributed by atoms with Crippen molar-refractivity contribution < 1.29 is 4.79 Å². The predicted octanol–water partition coefficient (Wildman–Crippen LogP) is 5.61. The van der Waals surface area contributed by atoms with Gasteiger partial charge in [0.2, 0.25) is 0 Å². The van der Waals surface area contributed by atoms with E-state index in [4.69, 9.17) is 11.6 Å². The lowest BCUT2D eigenvalue weighted by atomic mass is 10.2. The van der Waals surface area contributed by atoms with Crippen LogP contribution < -0.4 is 10.2 Å². The third-order valence-electron chi connectivity index (χ3n) is 4.00. The molecule has 0 bridgehead atoms. The molecule has 0 saturated carbocycles. The smallest absolute Gasteiger partial charge is 0.291 e. The molecule has 0 aliphatic carbocycles. The van der Waals surface area contributed by atoms with E-state index >= 15 is 0 Å². The quantitative estimate of drug-likeness (QED) is 0.458. The summed E-state index contributed by atoms with van der Waals surface area (Å²) in [6.45, 7) is 0.383. The summed E-state index contributed by atoms with van der Waals surface area (Å²) in [6, 6.07) is 17.2. The van der Waals surface area contributed by atoms with Crippen molar-refractivity contribution in [2.45, 2.75) is 24.9 Å². The number of hydrogen-bond donors (Lipinski definition) is 1. The highest BCUT2D eigenvalue weighted by molar-refractivity contribution is 7.98. The van der Waals surface area contributed by atoms with Crippen LogP contribution in [0, 0.1) is 0 Å². The maximum atomic E-state index is 12.5. The fourth-order valence-electron chi connectivity index (χ4n) is 2.68. The number of hydrogen-bond acceptors (Lipinski definition) is 4. The van der Waals surface area contributed by atoms with E-state index in [1.54, 1.807) is 17.2 Å². The Kier molecular flexibility index (Phi) is 5.98. The molecular formula is C20H19ClN4OS. The van der Waals surface area contributed by atoms with Crippen LogP contribution in [0.3, 0.4) is 0 Å². The number of nitrogens with one attached hydrogen (secondary N) is 1. The summed E-state index contributed by atoms with van der Waals surface area (Å²) in [6.07, 6.45) is 1.76. The summed E-state index contributed by atoms with van der Waals surface area (Å²) in [7, 11) is 0. The molecule has 0 saturated heterocycles. The molecule has 3 aromatic rings. The number of thioether (sulfide) groups is 1. The van der Waals surface area contributed by atoms with Gasteiger partial charge >= 0.3 is 6.03 Å².